The Hall–Kier alpha value is -0.0900. The zero-order valence-electron chi connectivity index (χ0n) is 12.7. The molecule has 1 heterocycles. The molecular weight excluding hydrogens is 359 g/mol. The fraction of sp³-hybridized carbons (Fsp3) is 0.667. The summed E-state index contributed by atoms with van der Waals surface area (Å²) in [6.07, 6.45) is 8.22. The highest BCUT2D eigenvalue weighted by Gasteiger charge is 2.31. The minimum atomic E-state index is 0.455. The molecule has 1 aromatic rings. The quantitative estimate of drug-likeness (QED) is 0.470. The van der Waals surface area contributed by atoms with Crippen molar-refractivity contribution >= 4 is 22.6 Å². The molecule has 0 radical (unpaired) electrons. The van der Waals surface area contributed by atoms with Gasteiger partial charge in [-0.3, -0.25) is 0 Å². The van der Waals surface area contributed by atoms with Gasteiger partial charge in [0.25, 0.3) is 0 Å². The van der Waals surface area contributed by atoms with E-state index in [1.807, 2.05) is 0 Å². The van der Waals surface area contributed by atoms with Gasteiger partial charge in [0.2, 0.25) is 0 Å². The smallest absolute Gasteiger partial charge is 0.0616 e. The van der Waals surface area contributed by atoms with Gasteiger partial charge in [-0.25, -0.2) is 0 Å². The predicted molar refractivity (Wildman–Crippen MR) is 94.5 cm³/mol. The molecule has 2 heteroatoms. The summed E-state index contributed by atoms with van der Waals surface area (Å²) < 4.78 is 7.20. The number of alkyl halides is 1. The zero-order chi connectivity index (χ0) is 14.4. The van der Waals surface area contributed by atoms with Crippen LogP contribution in [-0.4, -0.2) is 16.1 Å². The van der Waals surface area contributed by atoms with Crippen LogP contribution in [0.3, 0.4) is 0 Å². The van der Waals surface area contributed by atoms with Crippen LogP contribution in [-0.2, 0) is 11.2 Å². The van der Waals surface area contributed by atoms with Crippen LogP contribution in [0.4, 0.5) is 0 Å². The lowest BCUT2D eigenvalue weighted by atomic mass is 9.89. The molecule has 0 bridgehead atoms. The van der Waals surface area contributed by atoms with Crippen LogP contribution in [0.5, 0.6) is 0 Å². The molecule has 2 rings (SSSR count). The Labute approximate surface area is 137 Å². The summed E-state index contributed by atoms with van der Waals surface area (Å²) in [5, 5.41) is 0. The van der Waals surface area contributed by atoms with Gasteiger partial charge in [-0.2, -0.15) is 0 Å². The summed E-state index contributed by atoms with van der Waals surface area (Å²) >= 11 is 2.63. The van der Waals surface area contributed by atoms with Crippen molar-refractivity contribution in [3.05, 3.63) is 35.9 Å². The van der Waals surface area contributed by atoms with Crippen molar-refractivity contribution in [2.24, 2.45) is 5.92 Å². The average Bonchev–Trinajstić information content (AvgIpc) is 2.47. The first-order chi connectivity index (χ1) is 9.72. The zero-order valence-corrected chi connectivity index (χ0v) is 14.9. The molecule has 1 aliphatic rings. The van der Waals surface area contributed by atoms with Crippen molar-refractivity contribution in [3.63, 3.8) is 0 Å². The second-order valence-corrected chi connectivity index (χ2v) is 7.73. The monoisotopic (exact) mass is 386 g/mol. The third kappa shape index (κ3) is 4.73. The lowest BCUT2D eigenvalue weighted by Gasteiger charge is -2.37. The first-order valence-corrected chi connectivity index (χ1v) is 9.30. The fourth-order valence-corrected chi connectivity index (χ4v) is 4.34. The number of hydrogen-bond acceptors (Lipinski definition) is 1. The Kier molecular flexibility index (Phi) is 6.82. The summed E-state index contributed by atoms with van der Waals surface area (Å²) in [6.45, 7) is 4.60. The van der Waals surface area contributed by atoms with Crippen molar-refractivity contribution in [1.82, 2.24) is 0 Å². The number of rotatable bonds is 6. The van der Waals surface area contributed by atoms with Gasteiger partial charge in [0, 0.05) is 3.92 Å². The van der Waals surface area contributed by atoms with E-state index >= 15 is 0 Å². The number of halogens is 1. The molecule has 0 N–H and O–H groups in total. The van der Waals surface area contributed by atoms with Crippen molar-refractivity contribution in [2.45, 2.75) is 68.5 Å². The molecule has 1 fully saturated rings. The van der Waals surface area contributed by atoms with E-state index in [9.17, 15) is 0 Å². The molecule has 3 atom stereocenters. The van der Waals surface area contributed by atoms with Gasteiger partial charge >= 0.3 is 0 Å². The normalized spacial score (nSPS) is 26.9. The number of aryl methyl sites for hydroxylation is 1. The van der Waals surface area contributed by atoms with E-state index in [-0.39, 0.29) is 0 Å². The first kappa shape index (κ1) is 16.3. The third-order valence-electron chi connectivity index (χ3n) is 4.55. The summed E-state index contributed by atoms with van der Waals surface area (Å²) in [5.41, 5.74) is 1.44. The number of benzene rings is 1. The molecule has 1 aliphatic heterocycles. The molecule has 1 aromatic carbocycles. The van der Waals surface area contributed by atoms with Gasteiger partial charge in [-0.1, -0.05) is 79.6 Å². The van der Waals surface area contributed by atoms with E-state index < -0.39 is 0 Å². The summed E-state index contributed by atoms with van der Waals surface area (Å²) in [4.78, 5) is 0. The Balaban J connectivity index is 1.88. The standard InChI is InChI=1S/C18H27IO/c1-3-15(4-2)18-13-16(19)12-17(20-18)11-10-14-8-6-5-7-9-14/h5-9,15-18H,3-4,10-13H2,1-2H3/t16-,17+,18+/m1/s1. The third-order valence-corrected chi connectivity index (χ3v) is 5.56. The summed E-state index contributed by atoms with van der Waals surface area (Å²) in [6, 6.07) is 10.8. The summed E-state index contributed by atoms with van der Waals surface area (Å²) in [7, 11) is 0. The highest BCUT2D eigenvalue weighted by Crippen LogP contribution is 2.33. The Bertz CT molecular complexity index is 374. The van der Waals surface area contributed by atoms with Crippen LogP contribution in [0, 0.1) is 5.92 Å². The Morgan fingerprint density at radius 3 is 2.50 bits per heavy atom. The minimum Gasteiger partial charge on any atom is -0.375 e. The molecule has 1 nitrogen and oxygen atoms in total. The topological polar surface area (TPSA) is 9.23 Å². The van der Waals surface area contributed by atoms with Gasteiger partial charge in [0.15, 0.2) is 0 Å². The maximum absolute atomic E-state index is 6.42. The molecule has 20 heavy (non-hydrogen) atoms. The molecule has 0 unspecified atom stereocenters. The van der Waals surface area contributed by atoms with E-state index in [1.54, 1.807) is 0 Å². The predicted octanol–water partition coefficient (Wildman–Crippen LogP) is 5.41. The molecule has 0 aromatic heterocycles. The van der Waals surface area contributed by atoms with Crippen molar-refractivity contribution < 1.29 is 4.74 Å². The molecule has 0 aliphatic carbocycles. The fourth-order valence-electron chi connectivity index (χ4n) is 3.27. The van der Waals surface area contributed by atoms with Crippen LogP contribution in [0.25, 0.3) is 0 Å². The van der Waals surface area contributed by atoms with E-state index in [0.29, 0.717) is 12.2 Å². The second kappa shape index (κ2) is 8.38. The SMILES string of the molecule is CCC(CC)[C@@H]1C[C@H](I)C[C@H](CCc2ccccc2)O1. The van der Waals surface area contributed by atoms with E-state index in [0.717, 1.165) is 16.3 Å². The highest BCUT2D eigenvalue weighted by molar-refractivity contribution is 14.1. The van der Waals surface area contributed by atoms with E-state index in [1.165, 1.54) is 37.7 Å². The average molecular weight is 386 g/mol. The van der Waals surface area contributed by atoms with E-state index in [4.69, 9.17) is 4.74 Å². The van der Waals surface area contributed by atoms with Gasteiger partial charge in [-0.15, -0.1) is 0 Å². The van der Waals surface area contributed by atoms with Crippen molar-refractivity contribution in [1.29, 1.82) is 0 Å². The lowest BCUT2D eigenvalue weighted by Crippen LogP contribution is -2.37. The molecular formula is C18H27IO. The minimum absolute atomic E-state index is 0.455. The largest absolute Gasteiger partial charge is 0.375 e. The van der Waals surface area contributed by atoms with Crippen LogP contribution in [0.15, 0.2) is 30.3 Å². The Morgan fingerprint density at radius 2 is 1.85 bits per heavy atom. The molecule has 112 valence electrons. The van der Waals surface area contributed by atoms with Crippen LogP contribution in [0.1, 0.15) is 51.5 Å². The van der Waals surface area contributed by atoms with Gasteiger partial charge in [0.1, 0.15) is 0 Å². The van der Waals surface area contributed by atoms with Crippen LogP contribution >= 0.6 is 22.6 Å². The maximum atomic E-state index is 6.42. The molecule has 0 amide bonds. The van der Waals surface area contributed by atoms with Crippen LogP contribution < -0.4 is 0 Å². The second-order valence-electron chi connectivity index (χ2n) is 5.97. The van der Waals surface area contributed by atoms with Crippen LogP contribution in [0.2, 0.25) is 0 Å². The maximum Gasteiger partial charge on any atom is 0.0616 e. The number of ether oxygens (including phenoxy) is 1. The summed E-state index contributed by atoms with van der Waals surface area (Å²) in [5.74, 6) is 0.742. The molecule has 0 saturated carbocycles. The van der Waals surface area contributed by atoms with E-state index in [2.05, 4.69) is 66.8 Å². The highest BCUT2D eigenvalue weighted by atomic mass is 127. The lowest BCUT2D eigenvalue weighted by molar-refractivity contribution is -0.0771. The molecule has 1 saturated heterocycles. The van der Waals surface area contributed by atoms with Crippen molar-refractivity contribution in [3.8, 4) is 0 Å². The van der Waals surface area contributed by atoms with Gasteiger partial charge in [-0.05, 0) is 37.2 Å². The number of hydrogen-bond donors (Lipinski definition) is 0. The first-order valence-electron chi connectivity index (χ1n) is 8.06. The molecule has 0 spiro atoms. The Morgan fingerprint density at radius 1 is 1.15 bits per heavy atom. The van der Waals surface area contributed by atoms with Gasteiger partial charge < -0.3 is 4.74 Å². The van der Waals surface area contributed by atoms with Crippen molar-refractivity contribution in [2.75, 3.05) is 0 Å². The van der Waals surface area contributed by atoms with Gasteiger partial charge in [0.05, 0.1) is 12.2 Å².